The molecule has 0 fully saturated rings. The van der Waals surface area contributed by atoms with Gasteiger partial charge in [0.25, 0.3) is 5.91 Å². The summed E-state index contributed by atoms with van der Waals surface area (Å²) in [5.74, 6) is -0.277. The second kappa shape index (κ2) is 9.20. The van der Waals surface area contributed by atoms with Gasteiger partial charge in [0.05, 0.1) is 11.4 Å². The van der Waals surface area contributed by atoms with Crippen molar-refractivity contribution < 1.29 is 14.5 Å². The largest absolute Gasteiger partial charge is 0.338 e. The molecule has 1 heterocycles. The Labute approximate surface area is 146 Å². The molecule has 128 valence electrons. The van der Waals surface area contributed by atoms with Gasteiger partial charge in [0.15, 0.2) is 6.04 Å². The van der Waals surface area contributed by atoms with Gasteiger partial charge in [-0.05, 0) is 25.3 Å². The van der Waals surface area contributed by atoms with Gasteiger partial charge in [-0.15, -0.1) is 11.3 Å². The van der Waals surface area contributed by atoms with Gasteiger partial charge in [-0.3, -0.25) is 10.1 Å². The van der Waals surface area contributed by atoms with E-state index in [1.165, 1.54) is 4.88 Å². The SMILES string of the molecule is CCNC(=O)NC(=O)[C@@H](c1ccccc1)[NH+](CC)Cc1cccs1. The summed E-state index contributed by atoms with van der Waals surface area (Å²) in [5, 5.41) is 7.11. The maximum Gasteiger partial charge on any atom is 0.321 e. The van der Waals surface area contributed by atoms with Crippen LogP contribution < -0.4 is 15.5 Å². The van der Waals surface area contributed by atoms with Crippen LogP contribution >= 0.6 is 11.3 Å². The summed E-state index contributed by atoms with van der Waals surface area (Å²) >= 11 is 1.68. The Morgan fingerprint density at radius 1 is 1.12 bits per heavy atom. The first-order chi connectivity index (χ1) is 11.7. The number of carbonyl (C=O) groups excluding carboxylic acids is 2. The molecular weight excluding hydrogens is 322 g/mol. The minimum absolute atomic E-state index is 0.277. The minimum Gasteiger partial charge on any atom is -0.338 e. The number of rotatable bonds is 7. The van der Waals surface area contributed by atoms with Crippen molar-refractivity contribution in [3.8, 4) is 0 Å². The van der Waals surface area contributed by atoms with Gasteiger partial charge < -0.3 is 10.2 Å². The zero-order valence-corrected chi connectivity index (χ0v) is 14.9. The van der Waals surface area contributed by atoms with Gasteiger partial charge in [-0.2, -0.15) is 0 Å². The number of imide groups is 1. The number of hydrogen-bond acceptors (Lipinski definition) is 3. The number of nitrogens with one attached hydrogen (secondary N) is 3. The molecule has 1 aromatic carbocycles. The van der Waals surface area contributed by atoms with Crippen LogP contribution in [0.15, 0.2) is 47.8 Å². The summed E-state index contributed by atoms with van der Waals surface area (Å²) in [6.45, 7) is 5.88. The van der Waals surface area contributed by atoms with Crippen LogP contribution in [-0.4, -0.2) is 25.0 Å². The van der Waals surface area contributed by atoms with Crippen molar-refractivity contribution in [1.29, 1.82) is 0 Å². The number of amides is 3. The number of quaternary nitrogens is 1. The third-order valence-electron chi connectivity index (χ3n) is 3.81. The summed E-state index contributed by atoms with van der Waals surface area (Å²) in [5.41, 5.74) is 0.910. The van der Waals surface area contributed by atoms with Crippen LogP contribution in [0.3, 0.4) is 0 Å². The number of hydrogen-bond donors (Lipinski definition) is 3. The summed E-state index contributed by atoms with van der Waals surface area (Å²) in [6, 6.07) is 12.8. The molecule has 0 bridgehead atoms. The van der Waals surface area contributed by atoms with Crippen molar-refractivity contribution >= 4 is 23.3 Å². The predicted octanol–water partition coefficient (Wildman–Crippen LogP) is 1.74. The second-order valence-corrected chi connectivity index (χ2v) is 6.49. The van der Waals surface area contributed by atoms with Crippen molar-refractivity contribution in [2.75, 3.05) is 13.1 Å². The monoisotopic (exact) mass is 346 g/mol. The smallest absolute Gasteiger partial charge is 0.321 e. The van der Waals surface area contributed by atoms with Crippen molar-refractivity contribution in [1.82, 2.24) is 10.6 Å². The Hall–Kier alpha value is -2.18. The summed E-state index contributed by atoms with van der Waals surface area (Å²) in [6.07, 6.45) is 0. The predicted molar refractivity (Wildman–Crippen MR) is 95.9 cm³/mol. The molecule has 1 aromatic heterocycles. The van der Waals surface area contributed by atoms with E-state index in [9.17, 15) is 9.59 Å². The molecule has 2 aromatic rings. The molecular formula is C18H24N3O2S+. The van der Waals surface area contributed by atoms with E-state index in [-0.39, 0.29) is 5.91 Å². The van der Waals surface area contributed by atoms with E-state index in [2.05, 4.69) is 23.6 Å². The van der Waals surface area contributed by atoms with E-state index < -0.39 is 12.1 Å². The average Bonchev–Trinajstić information content (AvgIpc) is 3.08. The molecule has 0 aliphatic carbocycles. The summed E-state index contributed by atoms with van der Waals surface area (Å²) < 4.78 is 0. The van der Waals surface area contributed by atoms with E-state index in [4.69, 9.17) is 0 Å². The van der Waals surface area contributed by atoms with Crippen molar-refractivity contribution in [2.24, 2.45) is 0 Å². The molecule has 3 amide bonds. The molecule has 0 radical (unpaired) electrons. The lowest BCUT2D eigenvalue weighted by molar-refractivity contribution is -0.933. The van der Waals surface area contributed by atoms with Crippen LogP contribution in [0.4, 0.5) is 4.79 Å². The quantitative estimate of drug-likeness (QED) is 0.715. The maximum atomic E-state index is 12.8. The first-order valence-corrected chi connectivity index (χ1v) is 9.04. The van der Waals surface area contributed by atoms with E-state index in [1.807, 2.05) is 48.7 Å². The summed E-state index contributed by atoms with van der Waals surface area (Å²) in [4.78, 5) is 26.9. The third-order valence-corrected chi connectivity index (χ3v) is 4.69. The van der Waals surface area contributed by atoms with Gasteiger partial charge in [-0.1, -0.05) is 36.4 Å². The molecule has 5 nitrogen and oxygen atoms in total. The Kier molecular flexibility index (Phi) is 6.96. The molecule has 6 heteroatoms. The Bertz CT molecular complexity index is 644. The Morgan fingerprint density at radius 3 is 2.46 bits per heavy atom. The van der Waals surface area contributed by atoms with Gasteiger partial charge in [-0.25, -0.2) is 4.79 Å². The van der Waals surface area contributed by atoms with Crippen molar-refractivity contribution in [2.45, 2.75) is 26.4 Å². The highest BCUT2D eigenvalue weighted by atomic mass is 32.1. The lowest BCUT2D eigenvalue weighted by Gasteiger charge is -2.26. The van der Waals surface area contributed by atoms with Crippen LogP contribution in [0.1, 0.15) is 30.3 Å². The zero-order valence-electron chi connectivity index (χ0n) is 14.0. The van der Waals surface area contributed by atoms with Crippen molar-refractivity contribution in [3.05, 3.63) is 58.3 Å². The molecule has 0 saturated carbocycles. The fourth-order valence-corrected chi connectivity index (χ4v) is 3.43. The minimum atomic E-state index is -0.449. The topological polar surface area (TPSA) is 62.6 Å². The van der Waals surface area contributed by atoms with Crippen LogP contribution in [0.25, 0.3) is 0 Å². The molecule has 0 saturated heterocycles. The number of likely N-dealkylation sites (N-methyl/N-ethyl adjacent to an activating group) is 1. The number of carbonyl (C=O) groups is 2. The fourth-order valence-electron chi connectivity index (χ4n) is 2.67. The van der Waals surface area contributed by atoms with E-state index in [0.29, 0.717) is 6.54 Å². The Morgan fingerprint density at radius 2 is 1.88 bits per heavy atom. The maximum absolute atomic E-state index is 12.8. The zero-order chi connectivity index (χ0) is 17.4. The third kappa shape index (κ3) is 4.91. The average molecular weight is 346 g/mol. The normalized spacial score (nSPS) is 13.1. The van der Waals surface area contributed by atoms with E-state index in [1.54, 1.807) is 11.3 Å². The first kappa shape index (κ1) is 18.2. The molecule has 2 atom stereocenters. The molecule has 0 aliphatic rings. The van der Waals surface area contributed by atoms with Crippen LogP contribution in [-0.2, 0) is 11.3 Å². The highest BCUT2D eigenvalue weighted by Gasteiger charge is 2.31. The number of benzene rings is 1. The molecule has 0 spiro atoms. The lowest BCUT2D eigenvalue weighted by Crippen LogP contribution is -3.12. The van der Waals surface area contributed by atoms with E-state index >= 15 is 0 Å². The van der Waals surface area contributed by atoms with E-state index in [0.717, 1.165) is 23.6 Å². The fraction of sp³-hybridized carbons (Fsp3) is 0.333. The van der Waals surface area contributed by atoms with Gasteiger partial charge in [0.2, 0.25) is 0 Å². The summed E-state index contributed by atoms with van der Waals surface area (Å²) in [7, 11) is 0. The molecule has 24 heavy (non-hydrogen) atoms. The lowest BCUT2D eigenvalue weighted by atomic mass is 10.0. The van der Waals surface area contributed by atoms with Gasteiger partial charge in [0.1, 0.15) is 6.54 Å². The highest BCUT2D eigenvalue weighted by Crippen LogP contribution is 2.12. The molecule has 0 aliphatic heterocycles. The molecule has 3 N–H and O–H groups in total. The molecule has 2 rings (SSSR count). The van der Waals surface area contributed by atoms with Gasteiger partial charge in [0, 0.05) is 12.1 Å². The van der Waals surface area contributed by atoms with Crippen LogP contribution in [0, 0.1) is 0 Å². The van der Waals surface area contributed by atoms with Crippen LogP contribution in [0.2, 0.25) is 0 Å². The number of urea groups is 1. The number of thiophene rings is 1. The Balaban J connectivity index is 2.24. The van der Waals surface area contributed by atoms with Crippen LogP contribution in [0.5, 0.6) is 0 Å². The van der Waals surface area contributed by atoms with Gasteiger partial charge >= 0.3 is 6.03 Å². The first-order valence-electron chi connectivity index (χ1n) is 8.16. The van der Waals surface area contributed by atoms with Crippen molar-refractivity contribution in [3.63, 3.8) is 0 Å². The second-order valence-electron chi connectivity index (χ2n) is 5.46. The molecule has 1 unspecified atom stereocenters. The standard InChI is InChI=1S/C18H23N3O2S/c1-3-19-18(23)20-17(22)16(14-9-6-5-7-10-14)21(4-2)13-15-11-8-12-24-15/h5-12,16H,3-4,13H2,1-2H3,(H2,19,20,22,23)/p+1/t16-/m1/s1. The highest BCUT2D eigenvalue weighted by molar-refractivity contribution is 7.09.